The molecule has 1 fully saturated rings. The van der Waals surface area contributed by atoms with E-state index in [1.165, 1.54) is 0 Å². The molecule has 2 heterocycles. The molecule has 1 aromatic heterocycles. The molecule has 1 unspecified atom stereocenters. The summed E-state index contributed by atoms with van der Waals surface area (Å²) in [5, 5.41) is 8.95. The Morgan fingerprint density at radius 2 is 2.26 bits per heavy atom. The lowest BCUT2D eigenvalue weighted by molar-refractivity contribution is 0.0661. The molecule has 5 nitrogen and oxygen atoms in total. The van der Waals surface area contributed by atoms with Crippen LogP contribution in [0.4, 0.5) is 0 Å². The molecule has 1 N–H and O–H groups in total. The first-order valence-electron chi connectivity index (χ1n) is 6.72. The quantitative estimate of drug-likeness (QED) is 0.904. The SMILES string of the molecule is Cc1oc(C(=O)O)cc1CN1CCCN(C)CC1C. The second-order valence-corrected chi connectivity index (χ2v) is 5.43. The number of rotatable bonds is 3. The normalized spacial score (nSPS) is 22.4. The summed E-state index contributed by atoms with van der Waals surface area (Å²) in [6, 6.07) is 2.12. The highest BCUT2D eigenvalue weighted by Crippen LogP contribution is 2.19. The molecule has 2 rings (SSSR count). The molecule has 0 bridgehead atoms. The molecule has 0 aliphatic carbocycles. The summed E-state index contributed by atoms with van der Waals surface area (Å²) >= 11 is 0. The van der Waals surface area contributed by atoms with Crippen LogP contribution in [0.25, 0.3) is 0 Å². The van der Waals surface area contributed by atoms with Crippen LogP contribution in [-0.2, 0) is 6.54 Å². The molecule has 106 valence electrons. The molecule has 1 aromatic rings. The zero-order valence-electron chi connectivity index (χ0n) is 11.8. The van der Waals surface area contributed by atoms with Crippen LogP contribution in [0.1, 0.15) is 35.2 Å². The van der Waals surface area contributed by atoms with Gasteiger partial charge in [0, 0.05) is 31.2 Å². The predicted octanol–water partition coefficient (Wildman–Crippen LogP) is 1.81. The highest BCUT2D eigenvalue weighted by molar-refractivity contribution is 5.84. The first-order valence-corrected chi connectivity index (χ1v) is 6.72. The van der Waals surface area contributed by atoms with Crippen molar-refractivity contribution in [2.24, 2.45) is 0 Å². The largest absolute Gasteiger partial charge is 0.475 e. The van der Waals surface area contributed by atoms with E-state index < -0.39 is 5.97 Å². The lowest BCUT2D eigenvalue weighted by Gasteiger charge is -2.27. The zero-order valence-corrected chi connectivity index (χ0v) is 11.8. The average Bonchev–Trinajstić information content (AvgIpc) is 2.61. The van der Waals surface area contributed by atoms with Crippen molar-refractivity contribution in [1.29, 1.82) is 0 Å². The monoisotopic (exact) mass is 266 g/mol. The number of hydrogen-bond donors (Lipinski definition) is 1. The molecule has 1 aliphatic rings. The first-order chi connectivity index (χ1) is 8.97. The smallest absolute Gasteiger partial charge is 0.371 e. The van der Waals surface area contributed by atoms with Gasteiger partial charge < -0.3 is 14.4 Å². The van der Waals surface area contributed by atoms with Gasteiger partial charge in [0.05, 0.1) is 0 Å². The fourth-order valence-corrected chi connectivity index (χ4v) is 2.66. The minimum Gasteiger partial charge on any atom is -0.475 e. The molecule has 5 heteroatoms. The van der Waals surface area contributed by atoms with Crippen LogP contribution in [0.3, 0.4) is 0 Å². The molecule has 0 aromatic carbocycles. The van der Waals surface area contributed by atoms with Gasteiger partial charge in [-0.15, -0.1) is 0 Å². The van der Waals surface area contributed by atoms with Crippen LogP contribution in [0.5, 0.6) is 0 Å². The summed E-state index contributed by atoms with van der Waals surface area (Å²) in [6.07, 6.45) is 1.14. The molecule has 0 saturated carbocycles. The molecule has 0 spiro atoms. The third-order valence-electron chi connectivity index (χ3n) is 3.79. The van der Waals surface area contributed by atoms with E-state index in [0.29, 0.717) is 11.8 Å². The van der Waals surface area contributed by atoms with Gasteiger partial charge in [-0.1, -0.05) is 0 Å². The number of carbonyl (C=O) groups is 1. The van der Waals surface area contributed by atoms with Crippen LogP contribution in [0.15, 0.2) is 10.5 Å². The van der Waals surface area contributed by atoms with Crippen molar-refractivity contribution in [3.05, 3.63) is 23.2 Å². The van der Waals surface area contributed by atoms with Crippen molar-refractivity contribution in [2.75, 3.05) is 26.7 Å². The number of furan rings is 1. The molecule has 0 radical (unpaired) electrons. The van der Waals surface area contributed by atoms with E-state index in [9.17, 15) is 4.79 Å². The van der Waals surface area contributed by atoms with Crippen molar-refractivity contribution in [3.8, 4) is 0 Å². The Kier molecular flexibility index (Phi) is 4.27. The summed E-state index contributed by atoms with van der Waals surface area (Å²) in [7, 11) is 2.14. The Morgan fingerprint density at radius 1 is 1.53 bits per heavy atom. The van der Waals surface area contributed by atoms with E-state index >= 15 is 0 Å². The summed E-state index contributed by atoms with van der Waals surface area (Å²) in [5.41, 5.74) is 0.980. The lowest BCUT2D eigenvalue weighted by Crippen LogP contribution is -2.37. The fourth-order valence-electron chi connectivity index (χ4n) is 2.66. The van der Waals surface area contributed by atoms with E-state index in [1.54, 1.807) is 6.07 Å². The van der Waals surface area contributed by atoms with Gasteiger partial charge >= 0.3 is 5.97 Å². The van der Waals surface area contributed by atoms with Gasteiger partial charge in [-0.05, 0) is 39.9 Å². The van der Waals surface area contributed by atoms with Gasteiger partial charge in [0.2, 0.25) is 5.76 Å². The van der Waals surface area contributed by atoms with Crippen molar-refractivity contribution in [2.45, 2.75) is 32.9 Å². The molecule has 1 aliphatic heterocycles. The minimum atomic E-state index is -1.00. The average molecular weight is 266 g/mol. The number of aryl methyl sites for hydroxylation is 1. The maximum atomic E-state index is 10.9. The molecule has 0 amide bonds. The zero-order chi connectivity index (χ0) is 14.0. The Bertz CT molecular complexity index is 456. The van der Waals surface area contributed by atoms with Crippen LogP contribution in [0.2, 0.25) is 0 Å². The molecular formula is C14H22N2O3. The summed E-state index contributed by atoms with van der Waals surface area (Å²) < 4.78 is 5.27. The fraction of sp³-hybridized carbons (Fsp3) is 0.643. The second-order valence-electron chi connectivity index (χ2n) is 5.43. The van der Waals surface area contributed by atoms with Gasteiger partial charge in [0.25, 0.3) is 0 Å². The Hall–Kier alpha value is -1.33. The maximum Gasteiger partial charge on any atom is 0.371 e. The van der Waals surface area contributed by atoms with Gasteiger partial charge in [-0.3, -0.25) is 4.90 Å². The Labute approximate surface area is 113 Å². The van der Waals surface area contributed by atoms with Gasteiger partial charge in [-0.2, -0.15) is 0 Å². The van der Waals surface area contributed by atoms with E-state index in [2.05, 4.69) is 23.8 Å². The van der Waals surface area contributed by atoms with Crippen molar-refractivity contribution in [1.82, 2.24) is 9.80 Å². The van der Waals surface area contributed by atoms with Crippen LogP contribution in [-0.4, -0.2) is 53.6 Å². The van der Waals surface area contributed by atoms with E-state index in [4.69, 9.17) is 9.52 Å². The second kappa shape index (κ2) is 5.75. The van der Waals surface area contributed by atoms with Crippen molar-refractivity contribution < 1.29 is 14.3 Å². The van der Waals surface area contributed by atoms with Crippen molar-refractivity contribution >= 4 is 5.97 Å². The molecule has 19 heavy (non-hydrogen) atoms. The minimum absolute atomic E-state index is 0.0343. The van der Waals surface area contributed by atoms with Crippen LogP contribution >= 0.6 is 0 Å². The van der Waals surface area contributed by atoms with E-state index in [-0.39, 0.29) is 5.76 Å². The standard InChI is InChI=1S/C14H22N2O3/c1-10-8-15(3)5-4-6-16(10)9-12-7-13(14(17)18)19-11(12)2/h7,10H,4-6,8-9H2,1-3H3,(H,17,18). The third-order valence-corrected chi connectivity index (χ3v) is 3.79. The van der Waals surface area contributed by atoms with Gasteiger partial charge in [0.15, 0.2) is 0 Å². The van der Waals surface area contributed by atoms with Gasteiger partial charge in [0.1, 0.15) is 5.76 Å². The first kappa shape index (κ1) is 14.1. The molecule has 1 saturated heterocycles. The summed E-state index contributed by atoms with van der Waals surface area (Å²) in [6.45, 7) is 8.01. The third kappa shape index (κ3) is 3.36. The summed E-state index contributed by atoms with van der Waals surface area (Å²) in [4.78, 5) is 15.6. The summed E-state index contributed by atoms with van der Waals surface area (Å²) in [5.74, 6) is -0.257. The number of carboxylic acid groups (broad SMARTS) is 1. The van der Waals surface area contributed by atoms with E-state index in [0.717, 1.165) is 38.2 Å². The number of likely N-dealkylation sites (N-methyl/N-ethyl adjacent to an activating group) is 1. The van der Waals surface area contributed by atoms with Crippen molar-refractivity contribution in [3.63, 3.8) is 0 Å². The van der Waals surface area contributed by atoms with Crippen LogP contribution < -0.4 is 0 Å². The molecule has 1 atom stereocenters. The van der Waals surface area contributed by atoms with Gasteiger partial charge in [-0.25, -0.2) is 4.79 Å². The highest BCUT2D eigenvalue weighted by Gasteiger charge is 2.22. The topological polar surface area (TPSA) is 56.9 Å². The molecular weight excluding hydrogens is 244 g/mol. The maximum absolute atomic E-state index is 10.9. The van der Waals surface area contributed by atoms with E-state index in [1.807, 2.05) is 6.92 Å². The predicted molar refractivity (Wildman–Crippen MR) is 72.4 cm³/mol. The Balaban J connectivity index is 2.09. The lowest BCUT2D eigenvalue weighted by atomic mass is 10.2. The highest BCUT2D eigenvalue weighted by atomic mass is 16.4. The number of aromatic carboxylic acids is 1. The number of carboxylic acids is 1. The number of nitrogens with zero attached hydrogens (tertiary/aromatic N) is 2. The Morgan fingerprint density at radius 3 is 2.89 bits per heavy atom. The number of hydrogen-bond acceptors (Lipinski definition) is 4. The van der Waals surface area contributed by atoms with Crippen LogP contribution in [0, 0.1) is 6.92 Å².